The molecule has 1 aromatic carbocycles. The van der Waals surface area contributed by atoms with Gasteiger partial charge in [0.25, 0.3) is 0 Å². The number of methoxy groups -OCH3 is 1. The number of aromatic nitrogens is 2. The molecule has 1 aliphatic heterocycles. The van der Waals surface area contributed by atoms with E-state index < -0.39 is 6.09 Å². The second-order valence-electron chi connectivity index (χ2n) is 4.91. The number of fused-ring (bicyclic) bond motifs is 1. The van der Waals surface area contributed by atoms with Gasteiger partial charge in [-0.05, 0) is 46.9 Å². The minimum Gasteiger partial charge on any atom is -0.497 e. The Kier molecular flexibility index (Phi) is 3.85. The Morgan fingerprint density at radius 1 is 1.27 bits per heavy atom. The Morgan fingerprint density at radius 2 is 1.95 bits per heavy atom. The summed E-state index contributed by atoms with van der Waals surface area (Å²) >= 11 is 2.09. The lowest BCUT2D eigenvalue weighted by Crippen LogP contribution is -2.40. The molecule has 3 rings (SSSR count). The lowest BCUT2D eigenvalue weighted by atomic mass is 10.3. The third kappa shape index (κ3) is 2.36. The van der Waals surface area contributed by atoms with E-state index in [0.717, 1.165) is 15.1 Å². The molecule has 0 aliphatic carbocycles. The minimum absolute atomic E-state index is 0.144. The summed E-state index contributed by atoms with van der Waals surface area (Å²) in [7, 11) is 1.59. The van der Waals surface area contributed by atoms with Crippen LogP contribution in [0.25, 0.3) is 5.69 Å². The highest BCUT2D eigenvalue weighted by atomic mass is 127. The van der Waals surface area contributed by atoms with Gasteiger partial charge >= 0.3 is 11.8 Å². The van der Waals surface area contributed by atoms with Gasteiger partial charge in [0, 0.05) is 13.1 Å². The highest BCUT2D eigenvalue weighted by Gasteiger charge is 2.27. The third-order valence-electron chi connectivity index (χ3n) is 3.72. The van der Waals surface area contributed by atoms with Gasteiger partial charge in [0.05, 0.1) is 25.0 Å². The van der Waals surface area contributed by atoms with Crippen LogP contribution in [0, 0.1) is 3.70 Å². The molecule has 8 heteroatoms. The SMILES string of the molecule is COc1ccc(-n2c(I)c3n(c2=O)CCN(C(=O)O)C3)cc1. The van der Waals surface area contributed by atoms with E-state index in [1.165, 1.54) is 4.90 Å². The number of hydrogen-bond donors (Lipinski definition) is 1. The number of halogens is 1. The number of nitrogens with zero attached hydrogens (tertiary/aromatic N) is 3. The van der Waals surface area contributed by atoms with Crippen molar-refractivity contribution in [2.75, 3.05) is 13.7 Å². The van der Waals surface area contributed by atoms with Gasteiger partial charge in [-0.1, -0.05) is 0 Å². The molecule has 2 heterocycles. The molecule has 1 aromatic heterocycles. The topological polar surface area (TPSA) is 76.7 Å². The van der Waals surface area contributed by atoms with E-state index in [4.69, 9.17) is 9.84 Å². The summed E-state index contributed by atoms with van der Waals surface area (Å²) in [6, 6.07) is 7.20. The van der Waals surface area contributed by atoms with Gasteiger partial charge in [0.15, 0.2) is 0 Å². The van der Waals surface area contributed by atoms with Crippen LogP contribution < -0.4 is 10.4 Å². The molecule has 0 saturated carbocycles. The quantitative estimate of drug-likeness (QED) is 0.759. The lowest BCUT2D eigenvalue weighted by molar-refractivity contribution is 0.132. The molecule has 1 aliphatic rings. The number of amides is 1. The van der Waals surface area contributed by atoms with Gasteiger partial charge in [-0.25, -0.2) is 9.59 Å². The first-order chi connectivity index (χ1) is 10.5. The fourth-order valence-electron chi connectivity index (χ4n) is 2.54. The van der Waals surface area contributed by atoms with E-state index in [2.05, 4.69) is 22.6 Å². The molecule has 2 aromatic rings. The molecule has 0 saturated heterocycles. The fraction of sp³-hybridized carbons (Fsp3) is 0.286. The molecule has 1 N–H and O–H groups in total. The van der Waals surface area contributed by atoms with Crippen molar-refractivity contribution in [3.8, 4) is 11.4 Å². The average Bonchev–Trinajstić information content (AvgIpc) is 2.78. The van der Waals surface area contributed by atoms with E-state index in [1.54, 1.807) is 28.4 Å². The highest BCUT2D eigenvalue weighted by molar-refractivity contribution is 14.1. The van der Waals surface area contributed by atoms with Crippen molar-refractivity contribution in [3.63, 3.8) is 0 Å². The van der Waals surface area contributed by atoms with Crippen LogP contribution in [0.1, 0.15) is 5.69 Å². The van der Waals surface area contributed by atoms with Gasteiger partial charge in [-0.15, -0.1) is 0 Å². The zero-order valence-electron chi connectivity index (χ0n) is 11.8. The smallest absolute Gasteiger partial charge is 0.407 e. The third-order valence-corrected chi connectivity index (χ3v) is 4.82. The second-order valence-corrected chi connectivity index (χ2v) is 5.93. The van der Waals surface area contributed by atoms with Crippen LogP contribution in [-0.4, -0.2) is 38.9 Å². The molecule has 0 fully saturated rings. The predicted octanol–water partition coefficient (Wildman–Crippen LogP) is 1.75. The van der Waals surface area contributed by atoms with Crippen molar-refractivity contribution in [2.45, 2.75) is 13.1 Å². The van der Waals surface area contributed by atoms with E-state index in [-0.39, 0.29) is 12.2 Å². The van der Waals surface area contributed by atoms with Gasteiger partial charge in [-0.3, -0.25) is 9.13 Å². The van der Waals surface area contributed by atoms with Crippen molar-refractivity contribution >= 4 is 28.7 Å². The summed E-state index contributed by atoms with van der Waals surface area (Å²) in [5, 5.41) is 9.12. The number of carboxylic acid groups (broad SMARTS) is 1. The van der Waals surface area contributed by atoms with Crippen LogP contribution >= 0.6 is 22.6 Å². The predicted molar refractivity (Wildman–Crippen MR) is 87.7 cm³/mol. The minimum atomic E-state index is -0.966. The Hall–Kier alpha value is -1.97. The number of rotatable bonds is 2. The maximum absolute atomic E-state index is 12.6. The molecule has 0 unspecified atom stereocenters. The summed E-state index contributed by atoms with van der Waals surface area (Å²) in [6.07, 6.45) is -0.966. The first-order valence-electron chi connectivity index (χ1n) is 6.65. The first kappa shape index (κ1) is 14.9. The lowest BCUT2D eigenvalue weighted by Gasteiger charge is -2.25. The number of hydrogen-bond acceptors (Lipinski definition) is 3. The molecule has 116 valence electrons. The fourth-order valence-corrected chi connectivity index (χ4v) is 3.49. The molecule has 0 spiro atoms. The summed E-state index contributed by atoms with van der Waals surface area (Å²) < 4.78 is 9.10. The second kappa shape index (κ2) is 5.67. The Bertz CT molecular complexity index is 779. The van der Waals surface area contributed by atoms with E-state index in [0.29, 0.717) is 18.8 Å². The van der Waals surface area contributed by atoms with Crippen LogP contribution in [0.4, 0.5) is 4.79 Å². The van der Waals surface area contributed by atoms with Gasteiger partial charge in [0.1, 0.15) is 9.45 Å². The summed E-state index contributed by atoms with van der Waals surface area (Å²) in [4.78, 5) is 25.0. The van der Waals surface area contributed by atoms with E-state index in [1.807, 2.05) is 12.1 Å². The average molecular weight is 415 g/mol. The largest absolute Gasteiger partial charge is 0.497 e. The van der Waals surface area contributed by atoms with Gasteiger partial charge < -0.3 is 14.7 Å². The van der Waals surface area contributed by atoms with Crippen molar-refractivity contribution in [3.05, 3.63) is 44.1 Å². The molecule has 0 atom stereocenters. The molecule has 22 heavy (non-hydrogen) atoms. The Labute approximate surface area is 139 Å². The number of imidazole rings is 1. The first-order valence-corrected chi connectivity index (χ1v) is 7.73. The number of ether oxygens (including phenoxy) is 1. The highest BCUT2D eigenvalue weighted by Crippen LogP contribution is 2.22. The van der Waals surface area contributed by atoms with Crippen molar-refractivity contribution in [2.24, 2.45) is 0 Å². The number of carbonyl (C=O) groups is 1. The summed E-state index contributed by atoms with van der Waals surface area (Å²) in [5.74, 6) is 0.716. The molecule has 0 bridgehead atoms. The van der Waals surface area contributed by atoms with Crippen molar-refractivity contribution < 1.29 is 14.6 Å². The van der Waals surface area contributed by atoms with E-state index >= 15 is 0 Å². The van der Waals surface area contributed by atoms with Crippen LogP contribution in [-0.2, 0) is 13.1 Å². The van der Waals surface area contributed by atoms with Crippen LogP contribution in [0.3, 0.4) is 0 Å². The Morgan fingerprint density at radius 3 is 2.55 bits per heavy atom. The van der Waals surface area contributed by atoms with E-state index in [9.17, 15) is 9.59 Å². The monoisotopic (exact) mass is 415 g/mol. The maximum Gasteiger partial charge on any atom is 0.407 e. The van der Waals surface area contributed by atoms with Crippen LogP contribution in [0.2, 0.25) is 0 Å². The van der Waals surface area contributed by atoms with Gasteiger partial charge in [0.2, 0.25) is 0 Å². The normalized spacial score (nSPS) is 13.8. The molecular formula is C14H14IN3O4. The summed E-state index contributed by atoms with van der Waals surface area (Å²) in [6.45, 7) is 0.927. The van der Waals surface area contributed by atoms with Crippen LogP contribution in [0.5, 0.6) is 5.75 Å². The molecule has 7 nitrogen and oxygen atoms in total. The number of benzene rings is 1. The molecule has 1 amide bonds. The summed E-state index contributed by atoms with van der Waals surface area (Å²) in [5.41, 5.74) is 1.32. The van der Waals surface area contributed by atoms with Crippen molar-refractivity contribution in [1.82, 2.24) is 14.0 Å². The van der Waals surface area contributed by atoms with Crippen LogP contribution in [0.15, 0.2) is 29.1 Å². The zero-order valence-corrected chi connectivity index (χ0v) is 14.0. The van der Waals surface area contributed by atoms with Gasteiger partial charge in [-0.2, -0.15) is 0 Å². The zero-order chi connectivity index (χ0) is 15.9. The maximum atomic E-state index is 12.6. The molecule has 0 radical (unpaired) electrons. The van der Waals surface area contributed by atoms with Crippen molar-refractivity contribution in [1.29, 1.82) is 0 Å². The molecular weight excluding hydrogens is 401 g/mol. The standard InChI is InChI=1S/C14H14IN3O4/c1-22-10-4-2-9(3-5-10)18-12(15)11-8-16(14(20)21)6-7-17(11)13(18)19/h2-5H,6-8H2,1H3,(H,20,21). The Balaban J connectivity index is 2.07.